The molecule has 0 saturated heterocycles. The highest BCUT2D eigenvalue weighted by atomic mass is 32.2. The van der Waals surface area contributed by atoms with Gasteiger partial charge < -0.3 is 5.32 Å². The summed E-state index contributed by atoms with van der Waals surface area (Å²) in [4.78, 5) is 0. The van der Waals surface area contributed by atoms with Crippen molar-refractivity contribution in [2.75, 3.05) is 18.8 Å². The molecule has 96 valence electrons. The maximum Gasteiger partial charge on any atom is 0.155 e. The summed E-state index contributed by atoms with van der Waals surface area (Å²) in [5.41, 5.74) is 1.97. The van der Waals surface area contributed by atoms with E-state index >= 15 is 0 Å². The summed E-state index contributed by atoms with van der Waals surface area (Å²) in [7, 11) is -2.99. The fraction of sp³-hybridized carbons (Fsp3) is 0.538. The van der Waals surface area contributed by atoms with E-state index < -0.39 is 9.84 Å². The first kappa shape index (κ1) is 14.2. The molecule has 0 saturated carbocycles. The normalized spacial score (nSPS) is 11.6. The highest BCUT2D eigenvalue weighted by Gasteiger charge is 2.11. The van der Waals surface area contributed by atoms with Gasteiger partial charge >= 0.3 is 0 Å². The molecule has 0 aromatic heterocycles. The van der Waals surface area contributed by atoms with E-state index in [2.05, 4.69) is 12.2 Å². The lowest BCUT2D eigenvalue weighted by molar-refractivity contribution is 0.589. The third-order valence-electron chi connectivity index (χ3n) is 2.49. The molecule has 0 aliphatic carbocycles. The Balaban J connectivity index is 2.49. The molecule has 0 atom stereocenters. The first-order valence-electron chi connectivity index (χ1n) is 6.00. The molecule has 0 fully saturated rings. The number of aryl methyl sites for hydroxylation is 1. The topological polar surface area (TPSA) is 46.2 Å². The summed E-state index contributed by atoms with van der Waals surface area (Å²) < 4.78 is 23.7. The number of hydrogen-bond donors (Lipinski definition) is 1. The molecule has 1 aromatic rings. The zero-order chi connectivity index (χ0) is 12.7. The summed E-state index contributed by atoms with van der Waals surface area (Å²) >= 11 is 0. The second kappa shape index (κ2) is 6.77. The van der Waals surface area contributed by atoms with Crippen molar-refractivity contribution in [2.45, 2.75) is 26.0 Å². The van der Waals surface area contributed by atoms with Crippen LogP contribution < -0.4 is 5.32 Å². The molecule has 17 heavy (non-hydrogen) atoms. The Kier molecular flexibility index (Phi) is 5.65. The minimum atomic E-state index is -2.99. The monoisotopic (exact) mass is 255 g/mol. The Morgan fingerprint density at radius 2 is 2.00 bits per heavy atom. The quantitative estimate of drug-likeness (QED) is 0.757. The van der Waals surface area contributed by atoms with Gasteiger partial charge in [-0.15, -0.1) is 0 Å². The van der Waals surface area contributed by atoms with Gasteiger partial charge in [0, 0.05) is 6.54 Å². The van der Waals surface area contributed by atoms with Crippen LogP contribution in [0.2, 0.25) is 0 Å². The Bertz CT molecular complexity index is 440. The highest BCUT2D eigenvalue weighted by molar-refractivity contribution is 7.90. The summed E-state index contributed by atoms with van der Waals surface area (Å²) in [5.74, 6) is 0.351. The summed E-state index contributed by atoms with van der Waals surface area (Å²) in [6.07, 6.45) is 1.03. The standard InChI is InChI=1S/C13H21NO2S/c1-3-7-14-8-9-17(15,16)11-13-6-4-5-12(2)10-13/h4-6,10,14H,3,7-9,11H2,1-2H3. The molecule has 0 heterocycles. The number of nitrogens with one attached hydrogen (secondary N) is 1. The molecular weight excluding hydrogens is 234 g/mol. The van der Waals surface area contributed by atoms with Crippen LogP contribution in [0.1, 0.15) is 24.5 Å². The first-order chi connectivity index (χ1) is 8.03. The molecule has 0 amide bonds. The maximum absolute atomic E-state index is 11.8. The van der Waals surface area contributed by atoms with E-state index in [-0.39, 0.29) is 11.5 Å². The molecule has 0 unspecified atom stereocenters. The average molecular weight is 255 g/mol. The summed E-state index contributed by atoms with van der Waals surface area (Å²) in [6.45, 7) is 5.45. The Labute approximate surface area is 104 Å². The molecule has 0 spiro atoms. The third kappa shape index (κ3) is 5.84. The van der Waals surface area contributed by atoms with Gasteiger partial charge in [-0.3, -0.25) is 0 Å². The second-order valence-electron chi connectivity index (χ2n) is 4.33. The molecule has 0 aliphatic rings. The lowest BCUT2D eigenvalue weighted by atomic mass is 10.2. The average Bonchev–Trinajstić information content (AvgIpc) is 2.24. The molecule has 0 aliphatic heterocycles. The Hall–Kier alpha value is -0.870. The fourth-order valence-corrected chi connectivity index (χ4v) is 2.94. The zero-order valence-corrected chi connectivity index (χ0v) is 11.4. The van der Waals surface area contributed by atoms with E-state index in [1.165, 1.54) is 0 Å². The van der Waals surface area contributed by atoms with Crippen molar-refractivity contribution in [2.24, 2.45) is 0 Å². The lowest BCUT2D eigenvalue weighted by Gasteiger charge is -2.06. The fourth-order valence-electron chi connectivity index (χ4n) is 1.66. The van der Waals surface area contributed by atoms with E-state index in [1.807, 2.05) is 31.2 Å². The van der Waals surface area contributed by atoms with Crippen molar-refractivity contribution in [3.8, 4) is 0 Å². The highest BCUT2D eigenvalue weighted by Crippen LogP contribution is 2.08. The summed E-state index contributed by atoms with van der Waals surface area (Å²) in [5, 5.41) is 3.11. The number of benzene rings is 1. The molecule has 4 heteroatoms. The van der Waals surface area contributed by atoms with Gasteiger partial charge in [0.1, 0.15) is 0 Å². The van der Waals surface area contributed by atoms with Crippen molar-refractivity contribution < 1.29 is 8.42 Å². The van der Waals surface area contributed by atoms with Gasteiger partial charge in [0.2, 0.25) is 0 Å². The van der Waals surface area contributed by atoms with Crippen molar-refractivity contribution in [3.63, 3.8) is 0 Å². The van der Waals surface area contributed by atoms with Crippen LogP contribution in [-0.4, -0.2) is 27.3 Å². The molecular formula is C13H21NO2S. The van der Waals surface area contributed by atoms with Crippen LogP contribution in [-0.2, 0) is 15.6 Å². The van der Waals surface area contributed by atoms with Crippen LogP contribution in [0, 0.1) is 6.92 Å². The Morgan fingerprint density at radius 3 is 2.65 bits per heavy atom. The van der Waals surface area contributed by atoms with Gasteiger partial charge in [-0.1, -0.05) is 36.8 Å². The van der Waals surface area contributed by atoms with Crippen molar-refractivity contribution in [3.05, 3.63) is 35.4 Å². The SMILES string of the molecule is CCCNCCS(=O)(=O)Cc1cccc(C)c1. The van der Waals surface area contributed by atoms with Gasteiger partial charge in [0.05, 0.1) is 11.5 Å². The Morgan fingerprint density at radius 1 is 1.24 bits per heavy atom. The largest absolute Gasteiger partial charge is 0.316 e. The van der Waals surface area contributed by atoms with Gasteiger partial charge in [-0.25, -0.2) is 8.42 Å². The second-order valence-corrected chi connectivity index (χ2v) is 6.52. The lowest BCUT2D eigenvalue weighted by Crippen LogP contribution is -2.24. The van der Waals surface area contributed by atoms with Crippen LogP contribution >= 0.6 is 0 Å². The molecule has 1 N–H and O–H groups in total. The predicted molar refractivity (Wildman–Crippen MR) is 71.8 cm³/mol. The van der Waals surface area contributed by atoms with Crippen LogP contribution in [0.4, 0.5) is 0 Å². The van der Waals surface area contributed by atoms with Crippen molar-refractivity contribution in [1.29, 1.82) is 0 Å². The van der Waals surface area contributed by atoms with Crippen LogP contribution in [0.3, 0.4) is 0 Å². The third-order valence-corrected chi connectivity index (χ3v) is 4.08. The van der Waals surface area contributed by atoms with Gasteiger partial charge in [0.25, 0.3) is 0 Å². The van der Waals surface area contributed by atoms with Crippen molar-refractivity contribution in [1.82, 2.24) is 5.32 Å². The molecule has 1 aromatic carbocycles. The molecule has 0 radical (unpaired) electrons. The van der Waals surface area contributed by atoms with E-state index in [0.29, 0.717) is 6.54 Å². The maximum atomic E-state index is 11.8. The minimum absolute atomic E-state index is 0.141. The van der Waals surface area contributed by atoms with Crippen LogP contribution in [0.15, 0.2) is 24.3 Å². The van der Waals surface area contributed by atoms with Crippen LogP contribution in [0.25, 0.3) is 0 Å². The minimum Gasteiger partial charge on any atom is -0.316 e. The van der Waals surface area contributed by atoms with E-state index in [4.69, 9.17) is 0 Å². The molecule has 0 bridgehead atoms. The van der Waals surface area contributed by atoms with E-state index in [1.54, 1.807) is 0 Å². The van der Waals surface area contributed by atoms with Gasteiger partial charge in [-0.2, -0.15) is 0 Å². The van der Waals surface area contributed by atoms with Crippen LogP contribution in [0.5, 0.6) is 0 Å². The number of rotatable bonds is 7. The van der Waals surface area contributed by atoms with Crippen molar-refractivity contribution >= 4 is 9.84 Å². The summed E-state index contributed by atoms with van der Waals surface area (Å²) in [6, 6.07) is 7.66. The van der Waals surface area contributed by atoms with Gasteiger partial charge in [0.15, 0.2) is 9.84 Å². The van der Waals surface area contributed by atoms with E-state index in [0.717, 1.165) is 24.1 Å². The number of hydrogen-bond acceptors (Lipinski definition) is 3. The smallest absolute Gasteiger partial charge is 0.155 e. The van der Waals surface area contributed by atoms with Gasteiger partial charge in [-0.05, 0) is 25.5 Å². The zero-order valence-electron chi connectivity index (χ0n) is 10.6. The van der Waals surface area contributed by atoms with E-state index in [9.17, 15) is 8.42 Å². The molecule has 1 rings (SSSR count). The predicted octanol–water partition coefficient (Wildman–Crippen LogP) is 1.91. The number of sulfone groups is 1. The molecule has 3 nitrogen and oxygen atoms in total. The first-order valence-corrected chi connectivity index (χ1v) is 7.82.